The molecule has 1 N–H and O–H groups in total. The van der Waals surface area contributed by atoms with E-state index in [1.807, 2.05) is 12.1 Å². The Labute approximate surface area is 150 Å². The Bertz CT molecular complexity index is 624. The summed E-state index contributed by atoms with van der Waals surface area (Å²) in [5.74, 6) is -2.36. The molecule has 0 amide bonds. The average Bonchev–Trinajstić information content (AvgIpc) is 2.68. The molecule has 0 heterocycles. The number of hydrogen-bond donors (Lipinski definition) is 1. The summed E-state index contributed by atoms with van der Waals surface area (Å²) in [6.45, 7) is 2.55. The molecule has 0 radical (unpaired) electrons. The second-order valence-electron chi connectivity index (χ2n) is 6.32. The van der Waals surface area contributed by atoms with Crippen molar-refractivity contribution in [3.05, 3.63) is 71.8 Å². The van der Waals surface area contributed by atoms with E-state index in [0.717, 1.165) is 19.3 Å². The van der Waals surface area contributed by atoms with Crippen LogP contribution in [-0.2, 0) is 10.5 Å². The number of hydrogen-bond acceptors (Lipinski definition) is 3. The number of Topliss-reactive ketones (excluding diaryl/α,β-unsaturated/α-hetero) is 1. The largest absolute Gasteiger partial charge is 0.356 e. The Morgan fingerprint density at radius 2 is 1.44 bits per heavy atom. The van der Waals surface area contributed by atoms with Crippen LogP contribution in [0.4, 0.5) is 0 Å². The Morgan fingerprint density at radius 1 is 0.880 bits per heavy atom. The first-order valence-corrected chi connectivity index (χ1v) is 9.20. The van der Waals surface area contributed by atoms with Gasteiger partial charge in [0.15, 0.2) is 0 Å². The molecule has 0 aliphatic rings. The Hall–Kier alpha value is -1.97. The predicted octanol–water partition coefficient (Wildman–Crippen LogP) is 5.09. The number of carbonyl (C=O) groups is 1. The number of unbranched alkanes of at least 4 members (excludes halogenated alkanes) is 5. The molecule has 0 aromatic heterocycles. The standard InChI is InChI=1S/C22H28O3/c1-2-3-4-5-6-13-18-25-22(24,20-16-11-8-12-17-20)21(23)19-14-9-7-10-15-19/h7-12,14-17,24H,2-6,13,18H2,1H3. The third-order valence-electron chi connectivity index (χ3n) is 4.32. The summed E-state index contributed by atoms with van der Waals surface area (Å²) in [4.78, 5) is 12.9. The van der Waals surface area contributed by atoms with Crippen molar-refractivity contribution in [2.24, 2.45) is 0 Å². The van der Waals surface area contributed by atoms with Crippen LogP contribution >= 0.6 is 0 Å². The number of ketones is 1. The second-order valence-corrected chi connectivity index (χ2v) is 6.32. The number of aliphatic hydroxyl groups is 1. The van der Waals surface area contributed by atoms with E-state index < -0.39 is 11.6 Å². The van der Waals surface area contributed by atoms with Gasteiger partial charge in [-0.05, 0) is 6.42 Å². The van der Waals surface area contributed by atoms with E-state index in [4.69, 9.17) is 4.74 Å². The monoisotopic (exact) mass is 340 g/mol. The fourth-order valence-electron chi connectivity index (χ4n) is 2.83. The fraction of sp³-hybridized carbons (Fsp3) is 0.409. The molecule has 0 saturated heterocycles. The van der Waals surface area contributed by atoms with Gasteiger partial charge in [-0.1, -0.05) is 99.7 Å². The van der Waals surface area contributed by atoms with Gasteiger partial charge in [-0.2, -0.15) is 0 Å². The van der Waals surface area contributed by atoms with Crippen molar-refractivity contribution in [2.45, 2.75) is 51.2 Å². The first-order valence-electron chi connectivity index (χ1n) is 9.20. The fourth-order valence-corrected chi connectivity index (χ4v) is 2.83. The van der Waals surface area contributed by atoms with E-state index in [0.29, 0.717) is 17.7 Å². The quantitative estimate of drug-likeness (QED) is 0.352. The lowest BCUT2D eigenvalue weighted by Crippen LogP contribution is -2.39. The van der Waals surface area contributed by atoms with E-state index in [-0.39, 0.29) is 0 Å². The summed E-state index contributed by atoms with van der Waals surface area (Å²) < 4.78 is 5.74. The predicted molar refractivity (Wildman–Crippen MR) is 100 cm³/mol. The van der Waals surface area contributed by atoms with Crippen LogP contribution in [-0.4, -0.2) is 17.5 Å². The Balaban J connectivity index is 2.05. The van der Waals surface area contributed by atoms with Crippen LogP contribution in [0.3, 0.4) is 0 Å². The lowest BCUT2D eigenvalue weighted by Gasteiger charge is -2.27. The van der Waals surface area contributed by atoms with Gasteiger partial charge in [0, 0.05) is 11.1 Å². The lowest BCUT2D eigenvalue weighted by molar-refractivity contribution is -0.174. The van der Waals surface area contributed by atoms with Gasteiger partial charge in [-0.25, -0.2) is 0 Å². The van der Waals surface area contributed by atoms with E-state index in [2.05, 4.69) is 6.92 Å². The molecule has 0 aliphatic heterocycles. The normalized spacial score (nSPS) is 13.4. The van der Waals surface area contributed by atoms with Crippen LogP contribution in [0.2, 0.25) is 0 Å². The molecule has 0 aliphatic carbocycles. The molecule has 0 saturated carbocycles. The molecule has 3 heteroatoms. The van der Waals surface area contributed by atoms with Crippen LogP contribution in [0, 0.1) is 0 Å². The van der Waals surface area contributed by atoms with E-state index >= 15 is 0 Å². The van der Waals surface area contributed by atoms with Crippen molar-refractivity contribution in [2.75, 3.05) is 6.61 Å². The Kier molecular flexibility index (Phi) is 7.83. The van der Waals surface area contributed by atoms with E-state index in [9.17, 15) is 9.90 Å². The number of carbonyl (C=O) groups excluding carboxylic acids is 1. The van der Waals surface area contributed by atoms with Crippen LogP contribution in [0.15, 0.2) is 60.7 Å². The van der Waals surface area contributed by atoms with E-state index in [1.165, 1.54) is 19.3 Å². The van der Waals surface area contributed by atoms with Gasteiger partial charge in [-0.3, -0.25) is 4.79 Å². The average molecular weight is 340 g/mol. The van der Waals surface area contributed by atoms with Gasteiger partial charge < -0.3 is 9.84 Å². The van der Waals surface area contributed by atoms with Gasteiger partial charge in [0.05, 0.1) is 6.61 Å². The topological polar surface area (TPSA) is 46.5 Å². The van der Waals surface area contributed by atoms with Gasteiger partial charge in [0.25, 0.3) is 5.79 Å². The molecule has 0 bridgehead atoms. The molecule has 134 valence electrons. The number of rotatable bonds is 11. The van der Waals surface area contributed by atoms with Crippen LogP contribution < -0.4 is 0 Å². The maximum Gasteiger partial charge on any atom is 0.258 e. The minimum absolute atomic E-state index is 0.357. The van der Waals surface area contributed by atoms with Crippen LogP contribution in [0.5, 0.6) is 0 Å². The van der Waals surface area contributed by atoms with Gasteiger partial charge in [0.1, 0.15) is 0 Å². The molecule has 2 aromatic rings. The minimum Gasteiger partial charge on any atom is -0.356 e. The first-order chi connectivity index (χ1) is 12.2. The zero-order chi connectivity index (χ0) is 18.0. The van der Waals surface area contributed by atoms with Crippen molar-refractivity contribution in [1.82, 2.24) is 0 Å². The molecule has 1 unspecified atom stereocenters. The summed E-state index contributed by atoms with van der Waals surface area (Å²) in [6, 6.07) is 17.7. The van der Waals surface area contributed by atoms with Crippen LogP contribution in [0.1, 0.15) is 61.4 Å². The van der Waals surface area contributed by atoms with Gasteiger partial charge >= 0.3 is 0 Å². The van der Waals surface area contributed by atoms with Crippen LogP contribution in [0.25, 0.3) is 0 Å². The van der Waals surface area contributed by atoms with Gasteiger partial charge in [-0.15, -0.1) is 0 Å². The smallest absolute Gasteiger partial charge is 0.258 e. The molecule has 1 atom stereocenters. The van der Waals surface area contributed by atoms with Gasteiger partial charge in [0.2, 0.25) is 5.78 Å². The third-order valence-corrected chi connectivity index (χ3v) is 4.32. The van der Waals surface area contributed by atoms with Crippen molar-refractivity contribution in [3.8, 4) is 0 Å². The molecule has 0 fully saturated rings. The molecule has 2 rings (SSSR count). The third kappa shape index (κ3) is 5.52. The highest BCUT2D eigenvalue weighted by Gasteiger charge is 2.39. The summed E-state index contributed by atoms with van der Waals surface area (Å²) >= 11 is 0. The lowest BCUT2D eigenvalue weighted by atomic mass is 9.96. The summed E-state index contributed by atoms with van der Waals surface area (Å²) in [5.41, 5.74) is 0.909. The maximum absolute atomic E-state index is 12.9. The molecular formula is C22H28O3. The minimum atomic E-state index is -1.94. The maximum atomic E-state index is 12.9. The molecule has 3 nitrogen and oxygen atoms in total. The molecule has 25 heavy (non-hydrogen) atoms. The van der Waals surface area contributed by atoms with Crippen molar-refractivity contribution in [3.63, 3.8) is 0 Å². The SMILES string of the molecule is CCCCCCCCOC(O)(C(=O)c1ccccc1)c1ccccc1. The van der Waals surface area contributed by atoms with E-state index in [1.54, 1.807) is 48.5 Å². The molecule has 2 aromatic carbocycles. The highest BCUT2D eigenvalue weighted by Crippen LogP contribution is 2.28. The van der Waals surface area contributed by atoms with Crippen molar-refractivity contribution < 1.29 is 14.6 Å². The van der Waals surface area contributed by atoms with Crippen molar-refractivity contribution >= 4 is 5.78 Å². The highest BCUT2D eigenvalue weighted by atomic mass is 16.6. The first kappa shape index (κ1) is 19.4. The Morgan fingerprint density at radius 3 is 2.08 bits per heavy atom. The molecule has 0 spiro atoms. The molecular weight excluding hydrogens is 312 g/mol. The highest BCUT2D eigenvalue weighted by molar-refractivity contribution is 6.01. The second kappa shape index (κ2) is 10.1. The zero-order valence-electron chi connectivity index (χ0n) is 15.0. The number of benzene rings is 2. The summed E-state index contributed by atoms with van der Waals surface area (Å²) in [5, 5.41) is 11.1. The summed E-state index contributed by atoms with van der Waals surface area (Å²) in [6.07, 6.45) is 6.73. The van der Waals surface area contributed by atoms with Crippen molar-refractivity contribution in [1.29, 1.82) is 0 Å². The zero-order valence-corrected chi connectivity index (χ0v) is 15.0. The summed E-state index contributed by atoms with van der Waals surface area (Å²) in [7, 11) is 0. The number of ether oxygens (including phenoxy) is 1.